The van der Waals surface area contributed by atoms with E-state index in [0.29, 0.717) is 16.7 Å². The van der Waals surface area contributed by atoms with Gasteiger partial charge in [-0.2, -0.15) is 0 Å². The highest BCUT2D eigenvalue weighted by Gasteiger charge is 2.22. The van der Waals surface area contributed by atoms with Gasteiger partial charge in [0.25, 0.3) is 5.88 Å². The summed E-state index contributed by atoms with van der Waals surface area (Å²) in [6, 6.07) is 16.2. The Hall–Kier alpha value is -3.06. The standard InChI is InChI=1S/C24H26N4O2S/c1-18-7-3-5-9-20(18)27-13-15-28(16-14-27)22(29)17-31-24-23(25-11-12-26-24)30-21-10-6-4-8-19(21)2/h3-12H,13-17H2,1-2H3. The van der Waals surface area contributed by atoms with Gasteiger partial charge in [0.1, 0.15) is 5.75 Å². The van der Waals surface area contributed by atoms with Gasteiger partial charge in [0.2, 0.25) is 5.91 Å². The summed E-state index contributed by atoms with van der Waals surface area (Å²) < 4.78 is 5.97. The van der Waals surface area contributed by atoms with Crippen LogP contribution >= 0.6 is 11.8 Å². The van der Waals surface area contributed by atoms with Crippen molar-refractivity contribution in [2.45, 2.75) is 18.9 Å². The van der Waals surface area contributed by atoms with Crippen LogP contribution in [0.15, 0.2) is 66.0 Å². The second-order valence-electron chi connectivity index (χ2n) is 7.48. The van der Waals surface area contributed by atoms with Gasteiger partial charge in [-0.3, -0.25) is 4.79 Å². The fraction of sp³-hybridized carbons (Fsp3) is 0.292. The van der Waals surface area contributed by atoms with Crippen molar-refractivity contribution >= 4 is 23.4 Å². The van der Waals surface area contributed by atoms with Gasteiger partial charge < -0.3 is 14.5 Å². The van der Waals surface area contributed by atoms with Crippen molar-refractivity contribution in [2.75, 3.05) is 36.8 Å². The predicted molar refractivity (Wildman–Crippen MR) is 124 cm³/mol. The lowest BCUT2D eigenvalue weighted by Gasteiger charge is -2.36. The molecule has 1 fully saturated rings. The van der Waals surface area contributed by atoms with Gasteiger partial charge in [0, 0.05) is 44.3 Å². The molecule has 160 valence electrons. The van der Waals surface area contributed by atoms with Crippen LogP contribution in [0.1, 0.15) is 11.1 Å². The number of aryl methyl sites for hydroxylation is 2. The monoisotopic (exact) mass is 434 g/mol. The molecule has 0 radical (unpaired) electrons. The molecule has 0 spiro atoms. The summed E-state index contributed by atoms with van der Waals surface area (Å²) in [4.78, 5) is 25.8. The summed E-state index contributed by atoms with van der Waals surface area (Å²) in [6.07, 6.45) is 3.22. The number of hydrogen-bond donors (Lipinski definition) is 0. The van der Waals surface area contributed by atoms with E-state index in [-0.39, 0.29) is 5.91 Å². The molecule has 1 aliphatic rings. The number of piperazine rings is 1. The number of para-hydroxylation sites is 2. The number of anilines is 1. The lowest BCUT2D eigenvalue weighted by Crippen LogP contribution is -2.49. The molecule has 1 aliphatic heterocycles. The number of hydrogen-bond acceptors (Lipinski definition) is 6. The van der Waals surface area contributed by atoms with Crippen LogP contribution in [0.4, 0.5) is 5.69 Å². The molecule has 0 aliphatic carbocycles. The van der Waals surface area contributed by atoms with Crippen LogP contribution in [-0.4, -0.2) is 52.7 Å². The molecule has 7 heteroatoms. The lowest BCUT2D eigenvalue weighted by molar-refractivity contribution is -0.128. The van der Waals surface area contributed by atoms with Crippen LogP contribution < -0.4 is 9.64 Å². The maximum atomic E-state index is 12.8. The van der Waals surface area contributed by atoms with Gasteiger partial charge >= 0.3 is 0 Å². The van der Waals surface area contributed by atoms with Crippen LogP contribution in [0, 0.1) is 13.8 Å². The molecule has 0 unspecified atom stereocenters. The fourth-order valence-electron chi connectivity index (χ4n) is 3.59. The number of benzene rings is 2. The summed E-state index contributed by atoms with van der Waals surface area (Å²) in [7, 11) is 0. The number of aromatic nitrogens is 2. The number of nitrogens with zero attached hydrogens (tertiary/aromatic N) is 4. The molecule has 31 heavy (non-hydrogen) atoms. The summed E-state index contributed by atoms with van der Waals surface area (Å²) >= 11 is 1.37. The zero-order valence-electron chi connectivity index (χ0n) is 17.8. The highest BCUT2D eigenvalue weighted by Crippen LogP contribution is 2.30. The third-order valence-electron chi connectivity index (χ3n) is 5.35. The molecule has 4 rings (SSSR count). The van der Waals surface area contributed by atoms with Crippen LogP contribution in [0.25, 0.3) is 0 Å². The minimum atomic E-state index is 0.113. The minimum Gasteiger partial charge on any atom is -0.436 e. The summed E-state index contributed by atoms with van der Waals surface area (Å²) in [5, 5.41) is 0.623. The van der Waals surface area contributed by atoms with Crippen LogP contribution in [0.5, 0.6) is 11.6 Å². The van der Waals surface area contributed by atoms with Crippen molar-refractivity contribution in [1.82, 2.24) is 14.9 Å². The second kappa shape index (κ2) is 9.83. The summed E-state index contributed by atoms with van der Waals surface area (Å²) in [6.45, 7) is 7.24. The molecule has 1 aromatic heterocycles. The molecule has 6 nitrogen and oxygen atoms in total. The Morgan fingerprint density at radius 2 is 1.61 bits per heavy atom. The van der Waals surface area contributed by atoms with Gasteiger partial charge in [-0.1, -0.05) is 48.2 Å². The van der Waals surface area contributed by atoms with Crippen molar-refractivity contribution in [3.05, 3.63) is 72.1 Å². The Labute approximate surface area is 187 Å². The second-order valence-corrected chi connectivity index (χ2v) is 8.44. The Bertz CT molecular complexity index is 1050. The molecule has 0 atom stereocenters. The van der Waals surface area contributed by atoms with Crippen molar-refractivity contribution in [1.29, 1.82) is 0 Å². The predicted octanol–water partition coefficient (Wildman–Crippen LogP) is 4.33. The summed E-state index contributed by atoms with van der Waals surface area (Å²) in [5.41, 5.74) is 3.54. The third kappa shape index (κ3) is 5.17. The molecule has 0 N–H and O–H groups in total. The van der Waals surface area contributed by atoms with Gasteiger partial charge in [-0.05, 0) is 37.1 Å². The molecule has 3 aromatic rings. The van der Waals surface area contributed by atoms with Crippen LogP contribution in [0.3, 0.4) is 0 Å². The quantitative estimate of drug-likeness (QED) is 0.539. The van der Waals surface area contributed by atoms with Gasteiger partial charge in [0.15, 0.2) is 5.03 Å². The average molecular weight is 435 g/mol. The molecule has 1 saturated heterocycles. The number of rotatable bonds is 6. The number of carbonyl (C=O) groups is 1. The van der Waals surface area contributed by atoms with E-state index in [1.165, 1.54) is 23.0 Å². The Morgan fingerprint density at radius 3 is 2.35 bits per heavy atom. The topological polar surface area (TPSA) is 58.6 Å². The molecule has 0 saturated carbocycles. The van der Waals surface area contributed by atoms with Gasteiger partial charge in [-0.25, -0.2) is 9.97 Å². The first-order valence-corrected chi connectivity index (χ1v) is 11.4. The maximum absolute atomic E-state index is 12.8. The lowest BCUT2D eigenvalue weighted by atomic mass is 10.1. The first-order chi connectivity index (χ1) is 15.1. The van der Waals surface area contributed by atoms with Crippen LogP contribution in [-0.2, 0) is 4.79 Å². The van der Waals surface area contributed by atoms with Gasteiger partial charge in [-0.15, -0.1) is 0 Å². The zero-order chi connectivity index (χ0) is 21.6. The Kier molecular flexibility index (Phi) is 6.72. The fourth-order valence-corrected chi connectivity index (χ4v) is 4.39. The zero-order valence-corrected chi connectivity index (χ0v) is 18.6. The van der Waals surface area contributed by atoms with Crippen LogP contribution in [0.2, 0.25) is 0 Å². The average Bonchev–Trinajstić information content (AvgIpc) is 2.80. The highest BCUT2D eigenvalue weighted by molar-refractivity contribution is 8.00. The van der Waals surface area contributed by atoms with Crippen molar-refractivity contribution < 1.29 is 9.53 Å². The van der Waals surface area contributed by atoms with E-state index in [1.54, 1.807) is 12.4 Å². The van der Waals surface area contributed by atoms with E-state index < -0.39 is 0 Å². The minimum absolute atomic E-state index is 0.113. The van der Waals surface area contributed by atoms with Gasteiger partial charge in [0.05, 0.1) is 5.75 Å². The van der Waals surface area contributed by atoms with E-state index >= 15 is 0 Å². The van der Waals surface area contributed by atoms with E-state index in [0.717, 1.165) is 37.5 Å². The largest absolute Gasteiger partial charge is 0.436 e. The number of carbonyl (C=O) groups excluding carboxylic acids is 1. The molecular weight excluding hydrogens is 408 g/mol. The number of thioether (sulfide) groups is 1. The normalized spacial score (nSPS) is 13.9. The molecule has 2 heterocycles. The van der Waals surface area contributed by atoms with Crippen molar-refractivity contribution in [3.63, 3.8) is 0 Å². The SMILES string of the molecule is Cc1ccccc1Oc1nccnc1SCC(=O)N1CCN(c2ccccc2C)CC1. The Balaban J connectivity index is 1.34. The van der Waals surface area contributed by atoms with Crippen molar-refractivity contribution in [3.8, 4) is 11.6 Å². The highest BCUT2D eigenvalue weighted by atomic mass is 32.2. The third-order valence-corrected chi connectivity index (χ3v) is 6.30. The Morgan fingerprint density at radius 1 is 0.935 bits per heavy atom. The number of ether oxygens (including phenoxy) is 1. The first-order valence-electron chi connectivity index (χ1n) is 10.4. The maximum Gasteiger partial charge on any atom is 0.252 e. The van der Waals surface area contributed by atoms with Crippen molar-refractivity contribution in [2.24, 2.45) is 0 Å². The molecule has 2 aromatic carbocycles. The number of amides is 1. The molecular formula is C24H26N4O2S. The van der Waals surface area contributed by atoms with E-state index in [2.05, 4.69) is 46.1 Å². The smallest absolute Gasteiger partial charge is 0.252 e. The molecule has 1 amide bonds. The molecule has 0 bridgehead atoms. The summed E-state index contributed by atoms with van der Waals surface area (Å²) in [5.74, 6) is 1.59. The first kappa shape index (κ1) is 21.2. The van der Waals surface area contributed by atoms with E-state index in [9.17, 15) is 4.79 Å². The van der Waals surface area contributed by atoms with E-state index in [4.69, 9.17) is 4.74 Å². The van der Waals surface area contributed by atoms with E-state index in [1.807, 2.05) is 36.1 Å².